The Morgan fingerprint density at radius 1 is 0.861 bits per heavy atom. The van der Waals surface area contributed by atoms with Crippen molar-refractivity contribution >= 4 is 17.1 Å². The molecule has 1 saturated carbocycles. The van der Waals surface area contributed by atoms with Gasteiger partial charge in [0.2, 0.25) is 0 Å². The number of nitrogens with zero attached hydrogens (tertiary/aromatic N) is 2. The topological polar surface area (TPSA) is 18.5 Å². The summed E-state index contributed by atoms with van der Waals surface area (Å²) in [5.41, 5.74) is 8.73. The normalized spacial score (nSPS) is 13.9. The predicted octanol–water partition coefficient (Wildman–Crippen LogP) is 8.73. The highest BCUT2D eigenvalue weighted by Crippen LogP contribution is 2.35. The molecule has 1 aliphatic carbocycles. The van der Waals surface area contributed by atoms with E-state index in [1.807, 2.05) is 0 Å². The fourth-order valence-corrected chi connectivity index (χ4v) is 5.15. The molecule has 0 aliphatic heterocycles. The van der Waals surface area contributed by atoms with Crippen molar-refractivity contribution in [3.05, 3.63) is 90.6 Å². The van der Waals surface area contributed by atoms with E-state index in [0.29, 0.717) is 5.92 Å². The van der Waals surface area contributed by atoms with Crippen molar-refractivity contribution in [2.75, 3.05) is 35.8 Å². The quantitative estimate of drug-likeness (QED) is 0.276. The Morgan fingerprint density at radius 3 is 2.17 bits per heavy atom. The van der Waals surface area contributed by atoms with Crippen molar-refractivity contribution in [1.29, 1.82) is 0 Å². The number of anilines is 3. The first-order chi connectivity index (χ1) is 17.5. The fraction of sp³-hybridized carbons (Fsp3) is 0.394. The molecule has 1 aliphatic rings. The van der Waals surface area contributed by atoms with Crippen molar-refractivity contribution in [3.63, 3.8) is 0 Å². The van der Waals surface area contributed by atoms with Crippen LogP contribution < -0.4 is 15.1 Å². The maximum atomic E-state index is 4.65. The minimum atomic E-state index is 0.574. The van der Waals surface area contributed by atoms with Gasteiger partial charge in [-0.05, 0) is 72.2 Å². The highest BCUT2D eigenvalue weighted by atomic mass is 15.1. The molecule has 3 aromatic carbocycles. The molecule has 0 bridgehead atoms. The summed E-state index contributed by atoms with van der Waals surface area (Å²) < 4.78 is 0. The van der Waals surface area contributed by atoms with Crippen molar-refractivity contribution in [2.45, 2.75) is 58.4 Å². The molecule has 0 aromatic heterocycles. The van der Waals surface area contributed by atoms with E-state index >= 15 is 0 Å². The average molecular weight is 482 g/mol. The Morgan fingerprint density at radius 2 is 1.53 bits per heavy atom. The van der Waals surface area contributed by atoms with Crippen LogP contribution in [0.4, 0.5) is 17.1 Å². The van der Waals surface area contributed by atoms with Gasteiger partial charge in [-0.1, -0.05) is 81.7 Å². The maximum Gasteiger partial charge on any atom is 0.0478 e. The monoisotopic (exact) mass is 481 g/mol. The molecule has 3 aromatic rings. The lowest BCUT2D eigenvalue weighted by molar-refractivity contribution is 0.396. The molecule has 3 nitrogen and oxygen atoms in total. The Kier molecular flexibility index (Phi) is 9.11. The third kappa shape index (κ3) is 6.72. The van der Waals surface area contributed by atoms with Gasteiger partial charge in [0.1, 0.15) is 0 Å². The molecule has 4 rings (SSSR count). The number of nitrogens with one attached hydrogen (secondary N) is 1. The summed E-state index contributed by atoms with van der Waals surface area (Å²) in [6, 6.07) is 26.7. The van der Waals surface area contributed by atoms with Gasteiger partial charge in [0.05, 0.1) is 0 Å². The molecule has 0 radical (unpaired) electrons. The number of benzene rings is 3. The van der Waals surface area contributed by atoms with E-state index in [1.54, 1.807) is 0 Å². The van der Waals surface area contributed by atoms with Gasteiger partial charge in [0, 0.05) is 49.9 Å². The maximum absolute atomic E-state index is 4.65. The van der Waals surface area contributed by atoms with Crippen LogP contribution in [0.3, 0.4) is 0 Å². The summed E-state index contributed by atoms with van der Waals surface area (Å²) in [7, 11) is 4.15. The first kappa shape index (κ1) is 25.9. The SMILES string of the molecule is C=C(C1CCCCC1)N(Cc1ccc(-c2ccc(N(C)C)cc2)cc1)c1cccc(NCCCC)c1. The van der Waals surface area contributed by atoms with E-state index in [0.717, 1.165) is 13.1 Å². The van der Waals surface area contributed by atoms with Crippen LogP contribution in [0.1, 0.15) is 57.4 Å². The first-order valence-electron chi connectivity index (χ1n) is 13.7. The van der Waals surface area contributed by atoms with Gasteiger partial charge >= 0.3 is 0 Å². The molecule has 1 fully saturated rings. The van der Waals surface area contributed by atoms with E-state index in [1.165, 1.54) is 84.4 Å². The molecule has 1 N–H and O–H groups in total. The van der Waals surface area contributed by atoms with Gasteiger partial charge in [-0.25, -0.2) is 0 Å². The Bertz CT molecular complexity index is 1090. The minimum Gasteiger partial charge on any atom is -0.385 e. The molecule has 36 heavy (non-hydrogen) atoms. The van der Waals surface area contributed by atoms with Gasteiger partial charge in [-0.2, -0.15) is 0 Å². The minimum absolute atomic E-state index is 0.574. The summed E-state index contributed by atoms with van der Waals surface area (Å²) in [6.45, 7) is 8.73. The Balaban J connectivity index is 1.55. The second-order valence-corrected chi connectivity index (χ2v) is 10.4. The van der Waals surface area contributed by atoms with Crippen LogP contribution >= 0.6 is 0 Å². The molecule has 0 atom stereocenters. The van der Waals surface area contributed by atoms with Gasteiger partial charge in [-0.3, -0.25) is 0 Å². The number of hydrogen-bond acceptors (Lipinski definition) is 3. The van der Waals surface area contributed by atoms with Crippen molar-refractivity contribution in [1.82, 2.24) is 0 Å². The number of hydrogen-bond donors (Lipinski definition) is 1. The molecule has 0 saturated heterocycles. The lowest BCUT2D eigenvalue weighted by Gasteiger charge is -2.34. The van der Waals surface area contributed by atoms with Crippen molar-refractivity contribution in [2.24, 2.45) is 5.92 Å². The largest absolute Gasteiger partial charge is 0.385 e. The van der Waals surface area contributed by atoms with Gasteiger partial charge in [0.15, 0.2) is 0 Å². The second-order valence-electron chi connectivity index (χ2n) is 10.4. The van der Waals surface area contributed by atoms with Crippen LogP contribution in [0, 0.1) is 5.92 Å². The number of allylic oxidation sites excluding steroid dienone is 1. The molecule has 0 heterocycles. The summed E-state index contributed by atoms with van der Waals surface area (Å²) in [5, 5.41) is 3.60. The first-order valence-corrected chi connectivity index (χ1v) is 13.7. The van der Waals surface area contributed by atoms with Crippen molar-refractivity contribution < 1.29 is 0 Å². The zero-order valence-corrected chi connectivity index (χ0v) is 22.5. The molecule has 0 amide bonds. The van der Waals surface area contributed by atoms with Crippen LogP contribution in [-0.2, 0) is 6.54 Å². The predicted molar refractivity (Wildman–Crippen MR) is 158 cm³/mol. The highest BCUT2D eigenvalue weighted by Gasteiger charge is 2.22. The molecule has 0 spiro atoms. The molecular weight excluding hydrogens is 438 g/mol. The van der Waals surface area contributed by atoms with Crippen LogP contribution in [-0.4, -0.2) is 20.6 Å². The van der Waals surface area contributed by atoms with Gasteiger partial charge in [-0.15, -0.1) is 0 Å². The Labute approximate surface area is 218 Å². The van der Waals surface area contributed by atoms with Crippen molar-refractivity contribution in [3.8, 4) is 11.1 Å². The third-order valence-electron chi connectivity index (χ3n) is 7.45. The Hall–Kier alpha value is -3.20. The summed E-state index contributed by atoms with van der Waals surface area (Å²) >= 11 is 0. The van der Waals surface area contributed by atoms with Gasteiger partial charge < -0.3 is 15.1 Å². The molecule has 190 valence electrons. The standard InChI is InChI=1S/C33H43N3/c1-5-6-23-34-31-13-10-14-33(24-31)36(26(2)28-11-8-7-9-12-28)25-27-15-17-29(18-16-27)30-19-21-32(22-20-30)35(3)4/h10,13-22,24,28,34H,2,5-9,11-12,23,25H2,1,3-4H3. The van der Waals surface area contributed by atoms with Crippen LogP contribution in [0.2, 0.25) is 0 Å². The molecular formula is C33H43N3. The van der Waals surface area contributed by atoms with E-state index in [4.69, 9.17) is 0 Å². The second kappa shape index (κ2) is 12.7. The van der Waals surface area contributed by atoms with E-state index in [9.17, 15) is 0 Å². The summed E-state index contributed by atoms with van der Waals surface area (Å²) in [4.78, 5) is 4.59. The zero-order chi connectivity index (χ0) is 25.3. The number of unbranched alkanes of at least 4 members (excludes halogenated alkanes) is 1. The fourth-order valence-electron chi connectivity index (χ4n) is 5.15. The van der Waals surface area contributed by atoms with Crippen LogP contribution in [0.5, 0.6) is 0 Å². The van der Waals surface area contributed by atoms with E-state index in [2.05, 4.69) is 116 Å². The van der Waals surface area contributed by atoms with E-state index in [-0.39, 0.29) is 0 Å². The summed E-state index contributed by atoms with van der Waals surface area (Å²) in [6.07, 6.45) is 8.89. The molecule has 0 unspecified atom stereocenters. The average Bonchev–Trinajstić information content (AvgIpc) is 2.92. The summed E-state index contributed by atoms with van der Waals surface area (Å²) in [5.74, 6) is 0.574. The molecule has 3 heteroatoms. The lowest BCUT2D eigenvalue weighted by Crippen LogP contribution is -2.27. The highest BCUT2D eigenvalue weighted by molar-refractivity contribution is 5.67. The van der Waals surface area contributed by atoms with Crippen LogP contribution in [0.25, 0.3) is 11.1 Å². The number of rotatable bonds is 11. The smallest absolute Gasteiger partial charge is 0.0478 e. The lowest BCUT2D eigenvalue weighted by atomic mass is 9.86. The zero-order valence-electron chi connectivity index (χ0n) is 22.5. The van der Waals surface area contributed by atoms with E-state index < -0.39 is 0 Å². The van der Waals surface area contributed by atoms with Gasteiger partial charge in [0.25, 0.3) is 0 Å². The van der Waals surface area contributed by atoms with Crippen LogP contribution in [0.15, 0.2) is 85.1 Å². The third-order valence-corrected chi connectivity index (χ3v) is 7.45.